The van der Waals surface area contributed by atoms with Crippen molar-refractivity contribution < 1.29 is 9.90 Å². The van der Waals surface area contributed by atoms with E-state index in [0.29, 0.717) is 0 Å². The van der Waals surface area contributed by atoms with Crippen molar-refractivity contribution >= 4 is 40.0 Å². The van der Waals surface area contributed by atoms with Crippen LogP contribution in [0.1, 0.15) is 11.1 Å². The van der Waals surface area contributed by atoms with Gasteiger partial charge in [-0.25, -0.2) is 19.9 Å². The van der Waals surface area contributed by atoms with Crippen LogP contribution in [-0.2, 0) is 11.2 Å². The third-order valence-electron chi connectivity index (χ3n) is 4.81. The molecule has 0 aromatic carbocycles. The third kappa shape index (κ3) is 4.10. The van der Waals surface area contributed by atoms with E-state index < -0.39 is 5.97 Å². The summed E-state index contributed by atoms with van der Waals surface area (Å²) in [6.07, 6.45) is 10.1. The lowest BCUT2D eigenvalue weighted by atomic mass is 10.1. The first-order chi connectivity index (χ1) is 15.6. The van der Waals surface area contributed by atoms with Crippen molar-refractivity contribution in [3.8, 4) is 40.4 Å². The molecule has 9 heteroatoms. The molecule has 0 spiro atoms. The lowest BCUT2D eigenvalue weighted by Gasteiger charge is -1.98. The number of aliphatic carboxylic acids is 1. The Kier molecular flexibility index (Phi) is 5.60. The first-order valence-corrected chi connectivity index (χ1v) is 12.1. The molecule has 6 nitrogen and oxygen atoms in total. The van der Waals surface area contributed by atoms with Crippen LogP contribution in [0.4, 0.5) is 0 Å². The average Bonchev–Trinajstić information content (AvgIpc) is 3.53. The van der Waals surface area contributed by atoms with Gasteiger partial charge in [0.1, 0.15) is 12.7 Å². The Labute approximate surface area is 196 Å². The lowest BCUT2D eigenvalue weighted by Crippen LogP contribution is -1.99. The molecular weight excluding hydrogens is 460 g/mol. The highest BCUT2D eigenvalue weighted by Crippen LogP contribution is 2.46. The van der Waals surface area contributed by atoms with E-state index in [1.54, 1.807) is 46.4 Å². The molecule has 0 radical (unpaired) electrons. The van der Waals surface area contributed by atoms with E-state index in [2.05, 4.69) is 45.1 Å². The molecule has 1 N–H and O–H groups in total. The third-order valence-corrected chi connectivity index (χ3v) is 8.77. The van der Waals surface area contributed by atoms with Crippen LogP contribution < -0.4 is 0 Å². The van der Waals surface area contributed by atoms with Crippen LogP contribution in [0.15, 0.2) is 61.7 Å². The van der Waals surface area contributed by atoms with Crippen molar-refractivity contribution in [3.05, 3.63) is 72.8 Å². The van der Waals surface area contributed by atoms with Crippen molar-refractivity contribution in [3.63, 3.8) is 0 Å². The summed E-state index contributed by atoms with van der Waals surface area (Å²) in [5, 5.41) is 9.42. The van der Waals surface area contributed by atoms with Crippen molar-refractivity contribution in [1.29, 1.82) is 0 Å². The van der Waals surface area contributed by atoms with E-state index in [-0.39, 0.29) is 6.42 Å². The topological polar surface area (TPSA) is 88.9 Å². The number of hydrogen-bond acceptors (Lipinski definition) is 8. The number of thiophene rings is 3. The number of nitrogens with zero attached hydrogens (tertiary/aromatic N) is 4. The molecule has 32 heavy (non-hydrogen) atoms. The summed E-state index contributed by atoms with van der Waals surface area (Å²) < 4.78 is 0. The molecule has 5 heterocycles. The van der Waals surface area contributed by atoms with Crippen LogP contribution in [0.5, 0.6) is 0 Å². The van der Waals surface area contributed by atoms with E-state index in [0.717, 1.165) is 41.1 Å². The fourth-order valence-corrected chi connectivity index (χ4v) is 7.01. The van der Waals surface area contributed by atoms with Gasteiger partial charge in [0.25, 0.3) is 0 Å². The van der Waals surface area contributed by atoms with E-state index in [1.165, 1.54) is 23.1 Å². The fourth-order valence-electron chi connectivity index (χ4n) is 3.38. The second-order valence-corrected chi connectivity index (χ2v) is 10.3. The van der Waals surface area contributed by atoms with Crippen LogP contribution in [0.25, 0.3) is 40.4 Å². The zero-order valence-corrected chi connectivity index (χ0v) is 19.3. The monoisotopic (exact) mass is 476 g/mol. The highest BCUT2D eigenvalue weighted by Gasteiger charge is 2.18. The first kappa shape index (κ1) is 20.6. The molecule has 0 aliphatic carbocycles. The summed E-state index contributed by atoms with van der Waals surface area (Å²) in [5.41, 5.74) is 3.89. The van der Waals surface area contributed by atoms with Gasteiger partial charge in [0.2, 0.25) is 0 Å². The number of carboxylic acid groups (broad SMARTS) is 1. The average molecular weight is 477 g/mol. The van der Waals surface area contributed by atoms with Gasteiger partial charge in [-0.3, -0.25) is 4.79 Å². The Morgan fingerprint density at radius 1 is 0.781 bits per heavy atom. The van der Waals surface area contributed by atoms with Gasteiger partial charge in [-0.05, 0) is 42.3 Å². The Morgan fingerprint density at radius 3 is 1.91 bits per heavy atom. The Bertz CT molecular complexity index is 1390. The van der Waals surface area contributed by atoms with E-state index in [1.807, 2.05) is 18.5 Å². The standard InChI is InChI=1S/C23H16N4O2S3/c1-13-4-19(15-7-24-11-25-8-15)31-22(13)17-2-3-18(30-17)23-14(6-21(28)29)5-20(32-23)16-9-26-12-27-10-16/h2-5,7-12H,6H2,1H3,(H,28,29). The van der Waals surface area contributed by atoms with Crippen LogP contribution >= 0.6 is 34.0 Å². The van der Waals surface area contributed by atoms with Crippen LogP contribution in [0.3, 0.4) is 0 Å². The quantitative estimate of drug-likeness (QED) is 0.321. The maximum Gasteiger partial charge on any atom is 0.307 e. The second-order valence-electron chi connectivity index (χ2n) is 7.08. The minimum absolute atomic E-state index is 0.0249. The number of rotatable bonds is 6. The second kappa shape index (κ2) is 8.70. The molecule has 5 rings (SSSR count). The molecule has 0 aliphatic heterocycles. The Hall–Kier alpha value is -3.27. The number of carboxylic acids is 1. The van der Waals surface area contributed by atoms with Gasteiger partial charge in [0.15, 0.2) is 0 Å². The van der Waals surface area contributed by atoms with E-state index in [4.69, 9.17) is 0 Å². The molecular formula is C23H16N4O2S3. The van der Waals surface area contributed by atoms with Gasteiger partial charge in [-0.15, -0.1) is 34.0 Å². The van der Waals surface area contributed by atoms with E-state index >= 15 is 0 Å². The molecule has 0 fully saturated rings. The first-order valence-electron chi connectivity index (χ1n) is 9.65. The minimum atomic E-state index is -0.847. The largest absolute Gasteiger partial charge is 0.481 e. The molecule has 5 aromatic heterocycles. The van der Waals surface area contributed by atoms with Crippen molar-refractivity contribution in [2.24, 2.45) is 0 Å². The maximum atomic E-state index is 11.5. The van der Waals surface area contributed by atoms with Gasteiger partial charge in [-0.1, -0.05) is 0 Å². The lowest BCUT2D eigenvalue weighted by molar-refractivity contribution is -0.136. The van der Waals surface area contributed by atoms with Gasteiger partial charge in [-0.2, -0.15) is 0 Å². The van der Waals surface area contributed by atoms with Crippen LogP contribution in [0.2, 0.25) is 0 Å². The van der Waals surface area contributed by atoms with Crippen LogP contribution in [-0.4, -0.2) is 31.0 Å². The van der Waals surface area contributed by atoms with Crippen LogP contribution in [0, 0.1) is 6.92 Å². The predicted octanol–water partition coefficient (Wildman–Crippen LogP) is 6.05. The summed E-state index contributed by atoms with van der Waals surface area (Å²) in [7, 11) is 0. The molecule has 0 saturated heterocycles. The highest BCUT2D eigenvalue weighted by atomic mass is 32.1. The van der Waals surface area contributed by atoms with Crippen molar-refractivity contribution in [1.82, 2.24) is 19.9 Å². The smallest absolute Gasteiger partial charge is 0.307 e. The highest BCUT2D eigenvalue weighted by molar-refractivity contribution is 7.28. The number of carbonyl (C=O) groups is 1. The molecule has 0 aliphatic rings. The molecule has 0 saturated carbocycles. The molecule has 0 amide bonds. The van der Waals surface area contributed by atoms with Crippen molar-refractivity contribution in [2.45, 2.75) is 13.3 Å². The molecule has 0 bridgehead atoms. The summed E-state index contributed by atoms with van der Waals surface area (Å²) >= 11 is 4.97. The van der Waals surface area contributed by atoms with Gasteiger partial charge in [0.05, 0.1) is 6.42 Å². The Balaban J connectivity index is 1.53. The van der Waals surface area contributed by atoms with Gasteiger partial charge in [0, 0.05) is 65.2 Å². The zero-order valence-electron chi connectivity index (χ0n) is 16.8. The zero-order chi connectivity index (χ0) is 22.1. The minimum Gasteiger partial charge on any atom is -0.481 e. The Morgan fingerprint density at radius 2 is 1.31 bits per heavy atom. The predicted molar refractivity (Wildman–Crippen MR) is 129 cm³/mol. The molecule has 0 unspecified atom stereocenters. The van der Waals surface area contributed by atoms with Crippen molar-refractivity contribution in [2.75, 3.05) is 0 Å². The molecule has 0 atom stereocenters. The summed E-state index contributed by atoms with van der Waals surface area (Å²) in [6, 6.07) is 8.29. The normalized spacial score (nSPS) is 11.0. The molecule has 158 valence electrons. The maximum absolute atomic E-state index is 11.5. The number of aromatic nitrogens is 4. The number of aryl methyl sites for hydroxylation is 1. The fraction of sp³-hybridized carbons (Fsp3) is 0.0870. The summed E-state index contributed by atoms with van der Waals surface area (Å²) in [6.45, 7) is 2.10. The summed E-state index contributed by atoms with van der Waals surface area (Å²) in [4.78, 5) is 34.4. The summed E-state index contributed by atoms with van der Waals surface area (Å²) in [5.74, 6) is -0.847. The van der Waals surface area contributed by atoms with Gasteiger partial charge < -0.3 is 5.11 Å². The molecule has 5 aromatic rings. The number of hydrogen-bond donors (Lipinski definition) is 1. The van der Waals surface area contributed by atoms with Gasteiger partial charge >= 0.3 is 5.97 Å². The SMILES string of the molecule is Cc1cc(-c2cncnc2)sc1-c1ccc(-c2sc(-c3cncnc3)cc2CC(=O)O)s1. The van der Waals surface area contributed by atoms with E-state index in [9.17, 15) is 9.90 Å².